The van der Waals surface area contributed by atoms with Crippen molar-refractivity contribution in [3.05, 3.63) is 52.3 Å². The summed E-state index contributed by atoms with van der Waals surface area (Å²) in [5.41, 5.74) is 0.218. The number of hydrogen-bond donors (Lipinski definition) is 1. The number of carbonyl (C=O) groups excluding carboxylic acids is 1. The Bertz CT molecular complexity index is 380. The zero-order chi connectivity index (χ0) is 10.6. The Labute approximate surface area is 79.4 Å². The van der Waals surface area contributed by atoms with E-state index in [0.29, 0.717) is 11.8 Å². The van der Waals surface area contributed by atoms with Gasteiger partial charge < -0.3 is 5.11 Å². The quantitative estimate of drug-likeness (QED) is 0.261. The molecule has 0 fully saturated rings. The molecule has 0 atom stereocenters. The van der Waals surface area contributed by atoms with Gasteiger partial charge in [0.05, 0.1) is 11.2 Å². The van der Waals surface area contributed by atoms with Crippen LogP contribution in [0.4, 0.5) is 5.69 Å². The van der Waals surface area contributed by atoms with E-state index in [0.717, 1.165) is 6.08 Å². The molecule has 0 spiro atoms. The molecule has 1 aromatic rings. The van der Waals surface area contributed by atoms with Crippen molar-refractivity contribution in [2.45, 2.75) is 0 Å². The molecule has 0 amide bonds. The number of hydrogen-bond acceptors (Lipinski definition) is 4. The van der Waals surface area contributed by atoms with Gasteiger partial charge in [0.25, 0.3) is 5.69 Å². The fourth-order valence-electron chi connectivity index (χ4n) is 0.911. The van der Waals surface area contributed by atoms with E-state index in [1.807, 2.05) is 0 Å². The van der Waals surface area contributed by atoms with E-state index in [1.54, 1.807) is 0 Å². The second-order valence-corrected chi connectivity index (χ2v) is 2.48. The summed E-state index contributed by atoms with van der Waals surface area (Å²) in [5, 5.41) is 18.6. The number of ketones is 1. The standard InChI is InChI=1S/C9H7NO4/c11-6-5-9(12)7-1-3-8(4-2-7)10(13)14/h1-6,11H. The second-order valence-electron chi connectivity index (χ2n) is 2.48. The van der Waals surface area contributed by atoms with Gasteiger partial charge in [0.2, 0.25) is 0 Å². The van der Waals surface area contributed by atoms with Gasteiger partial charge in [-0.25, -0.2) is 0 Å². The summed E-state index contributed by atoms with van der Waals surface area (Å²) in [6.45, 7) is 0. The minimum absolute atomic E-state index is 0.0745. The van der Waals surface area contributed by atoms with Crippen LogP contribution in [0.2, 0.25) is 0 Å². The third kappa shape index (κ3) is 2.16. The maximum Gasteiger partial charge on any atom is 0.269 e. The number of aliphatic hydroxyl groups is 1. The molecule has 0 saturated carbocycles. The van der Waals surface area contributed by atoms with Crippen LogP contribution in [0.15, 0.2) is 36.6 Å². The van der Waals surface area contributed by atoms with Crippen molar-refractivity contribution in [2.24, 2.45) is 0 Å². The number of carbonyl (C=O) groups is 1. The zero-order valence-electron chi connectivity index (χ0n) is 7.08. The number of aliphatic hydroxyl groups excluding tert-OH is 1. The van der Waals surface area contributed by atoms with Gasteiger partial charge in [0.1, 0.15) is 0 Å². The van der Waals surface area contributed by atoms with Crippen LogP contribution in [0.5, 0.6) is 0 Å². The summed E-state index contributed by atoms with van der Waals surface area (Å²) in [6.07, 6.45) is 1.60. The van der Waals surface area contributed by atoms with Gasteiger partial charge >= 0.3 is 0 Å². The molecule has 1 N–H and O–H groups in total. The Morgan fingerprint density at radius 3 is 2.36 bits per heavy atom. The molecular weight excluding hydrogens is 186 g/mol. The summed E-state index contributed by atoms with van der Waals surface area (Å²) in [5.74, 6) is -0.401. The minimum atomic E-state index is -0.545. The van der Waals surface area contributed by atoms with Gasteiger partial charge in [-0.1, -0.05) is 0 Å². The van der Waals surface area contributed by atoms with E-state index in [9.17, 15) is 14.9 Å². The topological polar surface area (TPSA) is 80.4 Å². The molecule has 0 aromatic heterocycles. The van der Waals surface area contributed by atoms with Crippen molar-refractivity contribution in [1.82, 2.24) is 0 Å². The Balaban J connectivity index is 2.94. The van der Waals surface area contributed by atoms with E-state index >= 15 is 0 Å². The van der Waals surface area contributed by atoms with E-state index < -0.39 is 10.7 Å². The highest BCUT2D eigenvalue weighted by Gasteiger charge is 2.06. The second kappa shape index (κ2) is 4.18. The van der Waals surface area contributed by atoms with E-state index in [1.165, 1.54) is 24.3 Å². The van der Waals surface area contributed by atoms with Crippen LogP contribution < -0.4 is 0 Å². The molecule has 0 aliphatic heterocycles. The molecule has 1 rings (SSSR count). The molecule has 14 heavy (non-hydrogen) atoms. The lowest BCUT2D eigenvalue weighted by Gasteiger charge is -1.94. The molecule has 5 heteroatoms. The molecule has 1 aromatic carbocycles. The molecule has 0 radical (unpaired) electrons. The van der Waals surface area contributed by atoms with Gasteiger partial charge in [-0.2, -0.15) is 0 Å². The van der Waals surface area contributed by atoms with E-state index in [2.05, 4.69) is 0 Å². The van der Waals surface area contributed by atoms with E-state index in [4.69, 9.17) is 5.11 Å². The number of non-ortho nitro benzene ring substituents is 1. The number of allylic oxidation sites excluding steroid dienone is 1. The normalized spacial score (nSPS) is 10.3. The van der Waals surface area contributed by atoms with Crippen LogP contribution in [0.25, 0.3) is 0 Å². The minimum Gasteiger partial charge on any atom is -0.515 e. The Morgan fingerprint density at radius 1 is 1.36 bits per heavy atom. The summed E-state index contributed by atoms with van der Waals surface area (Å²) < 4.78 is 0. The fourth-order valence-corrected chi connectivity index (χ4v) is 0.911. The molecule has 0 heterocycles. The number of benzene rings is 1. The van der Waals surface area contributed by atoms with Crippen LogP contribution in [0, 0.1) is 10.1 Å². The predicted octanol–water partition coefficient (Wildman–Crippen LogP) is 1.85. The van der Waals surface area contributed by atoms with Crippen LogP contribution >= 0.6 is 0 Å². The third-order valence-corrected chi connectivity index (χ3v) is 1.59. The van der Waals surface area contributed by atoms with Gasteiger partial charge in [-0.05, 0) is 12.1 Å². The van der Waals surface area contributed by atoms with Crippen molar-refractivity contribution in [1.29, 1.82) is 0 Å². The number of nitro groups is 1. The maximum absolute atomic E-state index is 11.1. The summed E-state index contributed by atoms with van der Waals surface area (Å²) in [7, 11) is 0. The lowest BCUT2D eigenvalue weighted by Crippen LogP contribution is -1.95. The number of nitrogens with zero attached hydrogens (tertiary/aromatic N) is 1. The first-order chi connectivity index (χ1) is 6.65. The molecule has 0 bridgehead atoms. The highest BCUT2D eigenvalue weighted by atomic mass is 16.6. The van der Waals surface area contributed by atoms with E-state index in [-0.39, 0.29) is 5.69 Å². The smallest absolute Gasteiger partial charge is 0.269 e. The number of rotatable bonds is 3. The summed E-state index contributed by atoms with van der Waals surface area (Å²) >= 11 is 0. The Kier molecular flexibility index (Phi) is 2.96. The SMILES string of the molecule is O=C(C=CO)c1ccc([N+](=O)[O-])cc1. The van der Waals surface area contributed by atoms with Crippen LogP contribution in [0.1, 0.15) is 10.4 Å². The first-order valence-corrected chi connectivity index (χ1v) is 3.74. The summed E-state index contributed by atoms with van der Waals surface area (Å²) in [4.78, 5) is 20.8. The third-order valence-electron chi connectivity index (χ3n) is 1.59. The lowest BCUT2D eigenvalue weighted by atomic mass is 10.1. The number of nitro benzene ring substituents is 1. The highest BCUT2D eigenvalue weighted by molar-refractivity contribution is 6.04. The lowest BCUT2D eigenvalue weighted by molar-refractivity contribution is -0.384. The Morgan fingerprint density at radius 2 is 1.93 bits per heavy atom. The van der Waals surface area contributed by atoms with Gasteiger partial charge in [-0.3, -0.25) is 14.9 Å². The van der Waals surface area contributed by atoms with Crippen LogP contribution in [-0.2, 0) is 0 Å². The maximum atomic E-state index is 11.1. The first-order valence-electron chi connectivity index (χ1n) is 3.74. The molecule has 5 nitrogen and oxygen atoms in total. The average molecular weight is 193 g/mol. The zero-order valence-corrected chi connectivity index (χ0v) is 7.08. The van der Waals surface area contributed by atoms with Gasteiger partial charge in [0, 0.05) is 23.8 Å². The fraction of sp³-hybridized carbons (Fsp3) is 0. The van der Waals surface area contributed by atoms with Gasteiger partial charge in [0.15, 0.2) is 5.78 Å². The average Bonchev–Trinajstić information content (AvgIpc) is 2.18. The first kappa shape index (κ1) is 9.91. The van der Waals surface area contributed by atoms with Crippen molar-refractivity contribution < 1.29 is 14.8 Å². The van der Waals surface area contributed by atoms with Crippen molar-refractivity contribution in [3.63, 3.8) is 0 Å². The predicted molar refractivity (Wildman–Crippen MR) is 49.2 cm³/mol. The van der Waals surface area contributed by atoms with Crippen LogP contribution in [-0.4, -0.2) is 15.8 Å². The molecule has 72 valence electrons. The molecule has 0 saturated heterocycles. The molecule has 0 unspecified atom stereocenters. The van der Waals surface area contributed by atoms with Crippen molar-refractivity contribution >= 4 is 11.5 Å². The van der Waals surface area contributed by atoms with Crippen molar-refractivity contribution in [3.8, 4) is 0 Å². The monoisotopic (exact) mass is 193 g/mol. The highest BCUT2D eigenvalue weighted by Crippen LogP contribution is 2.12. The summed E-state index contributed by atoms with van der Waals surface area (Å²) in [6, 6.07) is 5.14. The largest absolute Gasteiger partial charge is 0.515 e. The van der Waals surface area contributed by atoms with Crippen LogP contribution in [0.3, 0.4) is 0 Å². The molecule has 0 aliphatic carbocycles. The molecular formula is C9H7NO4. The Hall–Kier alpha value is -2.17. The molecule has 0 aliphatic rings. The van der Waals surface area contributed by atoms with Crippen molar-refractivity contribution in [2.75, 3.05) is 0 Å². The van der Waals surface area contributed by atoms with Gasteiger partial charge in [-0.15, -0.1) is 0 Å².